The minimum absolute atomic E-state index is 0.433. The van der Waals surface area contributed by atoms with E-state index in [-0.39, 0.29) is 0 Å². The summed E-state index contributed by atoms with van der Waals surface area (Å²) in [4.78, 5) is 0. The minimum Gasteiger partial charge on any atom is -0.326 e. The van der Waals surface area contributed by atoms with Crippen LogP contribution in [0.2, 0.25) is 0 Å². The summed E-state index contributed by atoms with van der Waals surface area (Å²) < 4.78 is 36.2. The third-order valence-electron chi connectivity index (χ3n) is 2.45. The van der Waals surface area contributed by atoms with Gasteiger partial charge in [-0.25, -0.2) is 0 Å². The maximum absolute atomic E-state index is 12.1. The zero-order chi connectivity index (χ0) is 12.9. The van der Waals surface area contributed by atoms with Crippen LogP contribution in [0.5, 0.6) is 0 Å². The summed E-state index contributed by atoms with van der Waals surface area (Å²) in [6, 6.07) is 6.92. The molecule has 0 aliphatic heterocycles. The molecule has 0 amide bonds. The van der Waals surface area contributed by atoms with Gasteiger partial charge in [-0.05, 0) is 18.1 Å². The molecule has 0 radical (unpaired) electrons. The molecule has 0 spiro atoms. The molecule has 0 saturated heterocycles. The van der Waals surface area contributed by atoms with Crippen molar-refractivity contribution in [1.29, 1.82) is 0 Å². The van der Waals surface area contributed by atoms with Gasteiger partial charge in [0.2, 0.25) is 0 Å². The van der Waals surface area contributed by atoms with E-state index >= 15 is 0 Å². The van der Waals surface area contributed by atoms with Gasteiger partial charge in [0.1, 0.15) is 0 Å². The molecule has 1 aromatic carbocycles. The number of halogens is 3. The Kier molecular flexibility index (Phi) is 4.96. The summed E-state index contributed by atoms with van der Waals surface area (Å²) in [6.07, 6.45) is -4.93. The van der Waals surface area contributed by atoms with Crippen LogP contribution in [-0.4, -0.2) is 12.2 Å². The Balaban J connectivity index is 2.39. The first kappa shape index (κ1) is 14.0. The number of hydrogen-bond donors (Lipinski definition) is 2. The molecule has 0 aliphatic rings. The molecule has 17 heavy (non-hydrogen) atoms. The second kappa shape index (κ2) is 6.02. The third-order valence-corrected chi connectivity index (χ3v) is 2.45. The lowest BCUT2D eigenvalue weighted by Gasteiger charge is -2.15. The molecule has 1 unspecified atom stereocenters. The largest absolute Gasteiger partial charge is 0.390 e. The van der Waals surface area contributed by atoms with Crippen molar-refractivity contribution in [3.05, 3.63) is 35.4 Å². The van der Waals surface area contributed by atoms with E-state index in [9.17, 15) is 13.2 Å². The van der Waals surface area contributed by atoms with Gasteiger partial charge in [0.25, 0.3) is 0 Å². The highest BCUT2D eigenvalue weighted by atomic mass is 19.4. The van der Waals surface area contributed by atoms with E-state index in [1.54, 1.807) is 0 Å². The van der Waals surface area contributed by atoms with Gasteiger partial charge in [0, 0.05) is 19.1 Å². The minimum atomic E-state index is -4.12. The Labute approximate surface area is 99.0 Å². The zero-order valence-corrected chi connectivity index (χ0v) is 9.72. The Morgan fingerprint density at radius 2 is 1.71 bits per heavy atom. The number of nitrogens with two attached hydrogens (primary N) is 1. The second-order valence-corrected chi connectivity index (χ2v) is 4.12. The van der Waals surface area contributed by atoms with E-state index in [2.05, 4.69) is 5.32 Å². The lowest BCUT2D eigenvalue weighted by Crippen LogP contribution is -2.30. The van der Waals surface area contributed by atoms with Gasteiger partial charge in [0.05, 0.1) is 6.42 Å². The average Bonchev–Trinajstić information content (AvgIpc) is 2.25. The Morgan fingerprint density at radius 3 is 2.18 bits per heavy atom. The number of hydrogen-bond acceptors (Lipinski definition) is 2. The van der Waals surface area contributed by atoms with Crippen molar-refractivity contribution in [2.75, 3.05) is 0 Å². The van der Waals surface area contributed by atoms with Crippen molar-refractivity contribution in [3.8, 4) is 0 Å². The number of benzene rings is 1. The van der Waals surface area contributed by atoms with E-state index in [0.29, 0.717) is 13.1 Å². The van der Waals surface area contributed by atoms with Gasteiger partial charge in [-0.2, -0.15) is 13.2 Å². The molecule has 0 aromatic heterocycles. The molecule has 0 aliphatic carbocycles. The molecule has 1 rings (SSSR count). The average molecular weight is 246 g/mol. The number of nitrogens with one attached hydrogen (secondary N) is 1. The molecule has 3 N–H and O–H groups in total. The van der Waals surface area contributed by atoms with Crippen LogP contribution in [0.1, 0.15) is 24.5 Å². The summed E-state index contributed by atoms with van der Waals surface area (Å²) in [5.74, 6) is 0. The first-order chi connectivity index (χ1) is 7.90. The monoisotopic (exact) mass is 246 g/mol. The van der Waals surface area contributed by atoms with Gasteiger partial charge < -0.3 is 11.1 Å². The molecule has 0 bridgehead atoms. The van der Waals surface area contributed by atoms with Gasteiger partial charge in [-0.1, -0.05) is 24.3 Å². The summed E-state index contributed by atoms with van der Waals surface area (Å²) >= 11 is 0. The fourth-order valence-corrected chi connectivity index (χ4v) is 1.50. The van der Waals surface area contributed by atoms with Crippen molar-refractivity contribution in [2.45, 2.75) is 38.7 Å². The SMILES string of the molecule is CC(CC(F)(F)F)NCc1ccc(CN)cc1. The van der Waals surface area contributed by atoms with Crippen LogP contribution in [0.15, 0.2) is 24.3 Å². The van der Waals surface area contributed by atoms with Crippen molar-refractivity contribution < 1.29 is 13.2 Å². The maximum atomic E-state index is 12.1. The Hall–Kier alpha value is -1.07. The Bertz CT molecular complexity index is 333. The predicted molar refractivity (Wildman–Crippen MR) is 61.3 cm³/mol. The molecular weight excluding hydrogens is 229 g/mol. The van der Waals surface area contributed by atoms with Crippen molar-refractivity contribution >= 4 is 0 Å². The van der Waals surface area contributed by atoms with Crippen molar-refractivity contribution in [3.63, 3.8) is 0 Å². The molecule has 0 fully saturated rings. The van der Waals surface area contributed by atoms with Crippen LogP contribution >= 0.6 is 0 Å². The van der Waals surface area contributed by atoms with Crippen LogP contribution in [0.25, 0.3) is 0 Å². The normalized spacial score (nSPS) is 13.7. The molecule has 0 heterocycles. The molecule has 0 saturated carbocycles. The first-order valence-corrected chi connectivity index (χ1v) is 5.49. The zero-order valence-electron chi connectivity index (χ0n) is 9.72. The smallest absolute Gasteiger partial charge is 0.326 e. The molecule has 2 nitrogen and oxygen atoms in total. The molecule has 1 atom stereocenters. The van der Waals surface area contributed by atoms with E-state index in [0.717, 1.165) is 11.1 Å². The maximum Gasteiger partial charge on any atom is 0.390 e. The lowest BCUT2D eigenvalue weighted by atomic mass is 10.1. The van der Waals surface area contributed by atoms with Crippen LogP contribution in [-0.2, 0) is 13.1 Å². The van der Waals surface area contributed by atoms with E-state index in [1.807, 2.05) is 24.3 Å². The van der Waals surface area contributed by atoms with Crippen molar-refractivity contribution in [2.24, 2.45) is 5.73 Å². The van der Waals surface area contributed by atoms with Crippen LogP contribution in [0.4, 0.5) is 13.2 Å². The van der Waals surface area contributed by atoms with E-state index in [4.69, 9.17) is 5.73 Å². The fraction of sp³-hybridized carbons (Fsp3) is 0.500. The number of rotatable bonds is 5. The summed E-state index contributed by atoms with van der Waals surface area (Å²) in [5, 5.41) is 2.84. The van der Waals surface area contributed by atoms with E-state index < -0.39 is 18.6 Å². The summed E-state index contributed by atoms with van der Waals surface area (Å²) in [6.45, 7) is 2.43. The quantitative estimate of drug-likeness (QED) is 0.838. The number of alkyl halides is 3. The van der Waals surface area contributed by atoms with E-state index in [1.165, 1.54) is 6.92 Å². The van der Waals surface area contributed by atoms with Gasteiger partial charge in [0.15, 0.2) is 0 Å². The van der Waals surface area contributed by atoms with Gasteiger partial charge >= 0.3 is 6.18 Å². The lowest BCUT2D eigenvalue weighted by molar-refractivity contribution is -0.139. The highest BCUT2D eigenvalue weighted by molar-refractivity contribution is 5.22. The fourth-order valence-electron chi connectivity index (χ4n) is 1.50. The molecular formula is C12H17F3N2. The molecule has 5 heteroatoms. The van der Waals surface area contributed by atoms with Crippen LogP contribution in [0.3, 0.4) is 0 Å². The first-order valence-electron chi connectivity index (χ1n) is 5.49. The second-order valence-electron chi connectivity index (χ2n) is 4.12. The van der Waals surface area contributed by atoms with Crippen LogP contribution < -0.4 is 11.1 Å². The Morgan fingerprint density at radius 1 is 1.18 bits per heavy atom. The summed E-state index contributed by atoms with van der Waals surface area (Å²) in [5.41, 5.74) is 7.42. The van der Waals surface area contributed by atoms with Gasteiger partial charge in [-0.3, -0.25) is 0 Å². The van der Waals surface area contributed by atoms with Crippen LogP contribution in [0, 0.1) is 0 Å². The summed E-state index contributed by atoms with van der Waals surface area (Å²) in [7, 11) is 0. The third kappa shape index (κ3) is 5.70. The molecule has 1 aromatic rings. The standard InChI is InChI=1S/C12H17F3N2/c1-9(6-12(13,14)15)17-8-11-4-2-10(7-16)3-5-11/h2-5,9,17H,6-8,16H2,1H3. The van der Waals surface area contributed by atoms with Crippen molar-refractivity contribution in [1.82, 2.24) is 5.32 Å². The highest BCUT2D eigenvalue weighted by Gasteiger charge is 2.29. The predicted octanol–water partition coefficient (Wildman–Crippen LogP) is 2.58. The highest BCUT2D eigenvalue weighted by Crippen LogP contribution is 2.21. The molecule has 96 valence electrons. The topological polar surface area (TPSA) is 38.0 Å². The van der Waals surface area contributed by atoms with Gasteiger partial charge in [-0.15, -0.1) is 0 Å².